The number of hydrogen-bond acceptors (Lipinski definition) is 9. The molecule has 0 aliphatic carbocycles. The van der Waals surface area contributed by atoms with Crippen molar-refractivity contribution < 1.29 is 17.9 Å². The van der Waals surface area contributed by atoms with Gasteiger partial charge in [-0.3, -0.25) is 4.90 Å². The van der Waals surface area contributed by atoms with Crippen LogP contribution in [0.5, 0.6) is 6.01 Å². The number of alkyl halides is 1. The van der Waals surface area contributed by atoms with E-state index < -0.39 is 23.3 Å². The topological polar surface area (TPSA) is 103 Å². The number of nitrogen functional groups attached to an aromatic ring is 1. The molecule has 8 nitrogen and oxygen atoms in total. The molecule has 0 spiro atoms. The number of nitrogens with one attached hydrogen (secondary N) is 1. The van der Waals surface area contributed by atoms with Crippen molar-refractivity contribution in [2.45, 2.75) is 55.9 Å². The molecule has 4 unspecified atom stereocenters. The highest BCUT2D eigenvalue weighted by atomic mass is 35.5. The zero-order valence-corrected chi connectivity index (χ0v) is 25.2. The molecule has 228 valence electrons. The standard InChI is InChI=1S/C31H29ClF3N7OS/c32-21-8-19-26(25(35)24(21)18-4-5-22(34)27-23(18)20(10-36)28(37)44-27)39-30(40-29(19)41-12-16-2-3-17(13-41)38-16)43-14-31-6-1-7-42(31)11-15(33)9-31/h4-5,8,15-17,38H,1-3,6-7,9,11-14,37H2. The lowest BCUT2D eigenvalue weighted by Crippen LogP contribution is -2.51. The number of aromatic nitrogens is 2. The van der Waals surface area contributed by atoms with E-state index in [4.69, 9.17) is 27.1 Å². The fourth-order valence-electron chi connectivity index (χ4n) is 7.84. The highest BCUT2D eigenvalue weighted by Gasteiger charge is 2.49. The Bertz CT molecular complexity index is 1870. The van der Waals surface area contributed by atoms with Crippen LogP contribution in [0.2, 0.25) is 5.02 Å². The Kier molecular flexibility index (Phi) is 6.61. The molecule has 0 amide bonds. The first-order chi connectivity index (χ1) is 21.2. The number of benzene rings is 2. The van der Waals surface area contributed by atoms with Crippen molar-refractivity contribution in [3.8, 4) is 23.2 Å². The van der Waals surface area contributed by atoms with Crippen LogP contribution >= 0.6 is 22.9 Å². The molecular formula is C31H29ClF3N7OS. The van der Waals surface area contributed by atoms with Crippen LogP contribution in [0.15, 0.2) is 18.2 Å². The minimum Gasteiger partial charge on any atom is -0.461 e. The Hall–Kier alpha value is -3.37. The highest BCUT2D eigenvalue weighted by Crippen LogP contribution is 2.46. The summed E-state index contributed by atoms with van der Waals surface area (Å²) in [6.45, 7) is 2.77. The molecule has 4 fully saturated rings. The Morgan fingerprint density at radius 2 is 2.00 bits per heavy atom. The van der Waals surface area contributed by atoms with Gasteiger partial charge in [0.2, 0.25) is 0 Å². The summed E-state index contributed by atoms with van der Waals surface area (Å²) in [5.41, 5.74) is 5.94. The van der Waals surface area contributed by atoms with Crippen molar-refractivity contribution in [1.82, 2.24) is 20.2 Å². The number of fused-ring (bicyclic) bond motifs is 5. The molecule has 4 aliphatic heterocycles. The van der Waals surface area contributed by atoms with Gasteiger partial charge in [0.05, 0.1) is 20.8 Å². The van der Waals surface area contributed by atoms with Crippen molar-refractivity contribution in [2.75, 3.05) is 43.4 Å². The largest absolute Gasteiger partial charge is 0.461 e. The predicted octanol–water partition coefficient (Wildman–Crippen LogP) is 5.79. The summed E-state index contributed by atoms with van der Waals surface area (Å²) in [5.74, 6) is -0.769. The maximum absolute atomic E-state index is 16.9. The van der Waals surface area contributed by atoms with Crippen molar-refractivity contribution in [3.05, 3.63) is 40.4 Å². The normalized spacial score (nSPS) is 26.5. The molecule has 13 heteroatoms. The van der Waals surface area contributed by atoms with Crippen LogP contribution in [0.3, 0.4) is 0 Å². The lowest BCUT2D eigenvalue weighted by Gasteiger charge is -2.34. The quantitative estimate of drug-likeness (QED) is 0.283. The number of hydrogen-bond donors (Lipinski definition) is 2. The van der Waals surface area contributed by atoms with Gasteiger partial charge in [0.25, 0.3) is 0 Å². The molecule has 0 radical (unpaired) electrons. The Balaban J connectivity index is 1.29. The van der Waals surface area contributed by atoms with Gasteiger partial charge in [0.15, 0.2) is 5.82 Å². The van der Waals surface area contributed by atoms with Gasteiger partial charge in [-0.15, -0.1) is 11.3 Å². The summed E-state index contributed by atoms with van der Waals surface area (Å²) in [6, 6.07) is 6.89. The third kappa shape index (κ3) is 4.31. The van der Waals surface area contributed by atoms with E-state index >= 15 is 4.39 Å². The molecule has 4 saturated heterocycles. The van der Waals surface area contributed by atoms with Gasteiger partial charge in [0.1, 0.15) is 41.0 Å². The molecular weight excluding hydrogens is 611 g/mol. The van der Waals surface area contributed by atoms with Gasteiger partial charge in [-0.05, 0) is 49.9 Å². The monoisotopic (exact) mass is 639 g/mol. The molecule has 8 rings (SSSR count). The van der Waals surface area contributed by atoms with Gasteiger partial charge >= 0.3 is 6.01 Å². The van der Waals surface area contributed by atoms with Gasteiger partial charge in [-0.1, -0.05) is 17.7 Å². The zero-order chi connectivity index (χ0) is 30.3. The number of rotatable bonds is 5. The van der Waals surface area contributed by atoms with E-state index in [-0.39, 0.29) is 67.0 Å². The Morgan fingerprint density at radius 1 is 1.20 bits per heavy atom. The molecule has 2 bridgehead atoms. The van der Waals surface area contributed by atoms with Crippen LogP contribution < -0.4 is 20.7 Å². The maximum Gasteiger partial charge on any atom is 0.319 e. The second-order valence-corrected chi connectivity index (χ2v) is 13.9. The van der Waals surface area contributed by atoms with Crippen molar-refractivity contribution in [3.63, 3.8) is 0 Å². The number of nitriles is 1. The number of thiophene rings is 1. The molecule has 44 heavy (non-hydrogen) atoms. The summed E-state index contributed by atoms with van der Waals surface area (Å²) in [5, 5.41) is 14.3. The molecule has 6 heterocycles. The Morgan fingerprint density at radius 3 is 2.77 bits per heavy atom. The molecule has 2 aromatic heterocycles. The third-order valence-corrected chi connectivity index (χ3v) is 11.1. The van der Waals surface area contributed by atoms with Crippen LogP contribution in [0.1, 0.15) is 37.7 Å². The Labute approximate surface area is 260 Å². The van der Waals surface area contributed by atoms with Crippen molar-refractivity contribution in [2.24, 2.45) is 0 Å². The maximum atomic E-state index is 16.9. The summed E-state index contributed by atoms with van der Waals surface area (Å²) in [4.78, 5) is 13.6. The number of halogens is 4. The second kappa shape index (κ2) is 10.3. The molecule has 0 saturated carbocycles. The lowest BCUT2D eigenvalue weighted by atomic mass is 9.95. The molecule has 2 aromatic carbocycles. The van der Waals surface area contributed by atoms with E-state index in [0.717, 1.165) is 43.6 Å². The van der Waals surface area contributed by atoms with E-state index in [1.54, 1.807) is 6.07 Å². The molecule has 3 N–H and O–H groups in total. The molecule has 4 aromatic rings. The first-order valence-electron chi connectivity index (χ1n) is 14.9. The molecule has 4 aliphatic rings. The summed E-state index contributed by atoms with van der Waals surface area (Å²) < 4.78 is 52.5. The minimum atomic E-state index is -0.914. The highest BCUT2D eigenvalue weighted by molar-refractivity contribution is 7.23. The first kappa shape index (κ1) is 28.1. The fourth-order valence-corrected chi connectivity index (χ4v) is 9.08. The lowest BCUT2D eigenvalue weighted by molar-refractivity contribution is 0.107. The summed E-state index contributed by atoms with van der Waals surface area (Å²) in [6.07, 6.45) is 3.33. The van der Waals surface area contributed by atoms with Gasteiger partial charge in [0, 0.05) is 54.5 Å². The van der Waals surface area contributed by atoms with Gasteiger partial charge in [-0.2, -0.15) is 15.2 Å². The van der Waals surface area contributed by atoms with E-state index in [0.29, 0.717) is 37.3 Å². The fraction of sp³-hybridized carbons (Fsp3) is 0.452. The molecule has 4 atom stereocenters. The van der Waals surface area contributed by atoms with Crippen molar-refractivity contribution in [1.29, 1.82) is 5.26 Å². The number of ether oxygens (including phenoxy) is 1. The third-order valence-electron chi connectivity index (χ3n) is 9.79. The van der Waals surface area contributed by atoms with E-state index in [9.17, 15) is 14.0 Å². The van der Waals surface area contributed by atoms with Crippen LogP contribution in [-0.4, -0.2) is 71.4 Å². The zero-order valence-electron chi connectivity index (χ0n) is 23.7. The average Bonchev–Trinajstić information content (AvgIpc) is 3.73. The average molecular weight is 640 g/mol. The SMILES string of the molecule is N#Cc1c(N)sc2c(F)ccc(-c3c(Cl)cc4c(N5CC6CCC(C5)N6)nc(OCC56CCCN5CC(F)C6)nc4c3F)c12. The summed E-state index contributed by atoms with van der Waals surface area (Å²) in [7, 11) is 0. The second-order valence-electron chi connectivity index (χ2n) is 12.4. The first-order valence-corrected chi connectivity index (χ1v) is 16.1. The minimum absolute atomic E-state index is 0.00466. The van der Waals surface area contributed by atoms with E-state index in [1.807, 2.05) is 6.07 Å². The van der Waals surface area contributed by atoms with E-state index in [2.05, 4.69) is 20.1 Å². The smallest absolute Gasteiger partial charge is 0.319 e. The number of piperazine rings is 1. The van der Waals surface area contributed by atoms with Crippen molar-refractivity contribution >= 4 is 54.7 Å². The van der Waals surface area contributed by atoms with Gasteiger partial charge in [-0.25, -0.2) is 13.2 Å². The number of nitrogens with zero attached hydrogens (tertiary/aromatic N) is 5. The van der Waals surface area contributed by atoms with Crippen LogP contribution in [0.25, 0.3) is 32.1 Å². The number of nitrogens with two attached hydrogens (primary N) is 1. The summed E-state index contributed by atoms with van der Waals surface area (Å²) >= 11 is 7.76. The van der Waals surface area contributed by atoms with Crippen LogP contribution in [0, 0.1) is 23.0 Å². The van der Waals surface area contributed by atoms with E-state index in [1.165, 1.54) is 12.1 Å². The number of anilines is 2. The van der Waals surface area contributed by atoms with Gasteiger partial charge < -0.3 is 20.7 Å². The van der Waals surface area contributed by atoms with Crippen LogP contribution in [0.4, 0.5) is 24.0 Å². The van der Waals surface area contributed by atoms with Crippen LogP contribution in [-0.2, 0) is 0 Å². The predicted molar refractivity (Wildman–Crippen MR) is 165 cm³/mol.